The molecule has 2 rings (SSSR count). The second kappa shape index (κ2) is 7.35. The molecule has 7 nitrogen and oxygen atoms in total. The first-order valence-electron chi connectivity index (χ1n) is 6.86. The highest BCUT2D eigenvalue weighted by atomic mass is 16.5. The number of hydrogen-bond donors (Lipinski definition) is 0. The summed E-state index contributed by atoms with van der Waals surface area (Å²) in [5.41, 5.74) is 0. The van der Waals surface area contributed by atoms with Gasteiger partial charge in [-0.15, -0.1) is 0 Å². The van der Waals surface area contributed by atoms with Gasteiger partial charge in [-0.25, -0.2) is 0 Å². The Morgan fingerprint density at radius 1 is 1.55 bits per heavy atom. The molecule has 20 heavy (non-hydrogen) atoms. The van der Waals surface area contributed by atoms with Gasteiger partial charge in [-0.3, -0.25) is 4.79 Å². The molecular weight excluding hydrogens is 262 g/mol. The number of hydrogen-bond acceptors (Lipinski definition) is 6. The van der Waals surface area contributed by atoms with Gasteiger partial charge < -0.3 is 18.9 Å². The topological polar surface area (TPSA) is 77.7 Å². The van der Waals surface area contributed by atoms with E-state index >= 15 is 0 Å². The lowest BCUT2D eigenvalue weighted by atomic mass is 10.1. The molecule has 1 atom stereocenters. The number of ether oxygens (including phenoxy) is 2. The van der Waals surface area contributed by atoms with Gasteiger partial charge in [-0.05, 0) is 12.8 Å². The number of rotatable bonds is 6. The smallest absolute Gasteiger partial charge is 0.229 e. The molecule has 0 N–H and O–H groups in total. The molecular formula is C13H21N3O4. The Morgan fingerprint density at radius 2 is 2.40 bits per heavy atom. The van der Waals surface area contributed by atoms with Crippen LogP contribution in [0.2, 0.25) is 0 Å². The second-order valence-electron chi connectivity index (χ2n) is 4.89. The lowest BCUT2D eigenvalue weighted by Gasteiger charge is -2.31. The van der Waals surface area contributed by atoms with E-state index < -0.39 is 0 Å². The minimum atomic E-state index is 0.0496. The first-order chi connectivity index (χ1) is 9.69. The van der Waals surface area contributed by atoms with Gasteiger partial charge in [0.15, 0.2) is 5.82 Å². The maximum absolute atomic E-state index is 11.3. The minimum absolute atomic E-state index is 0.0496. The number of nitrogens with zero attached hydrogens (tertiary/aromatic N) is 3. The molecule has 0 unspecified atom stereocenters. The third kappa shape index (κ3) is 4.28. The molecule has 0 aromatic carbocycles. The molecule has 112 valence electrons. The van der Waals surface area contributed by atoms with Crippen molar-refractivity contribution in [2.75, 3.05) is 26.8 Å². The number of carbonyl (C=O) groups excluding carboxylic acids is 1. The third-order valence-corrected chi connectivity index (χ3v) is 3.30. The molecule has 0 aliphatic carbocycles. The van der Waals surface area contributed by atoms with E-state index in [1.54, 1.807) is 14.0 Å². The SMILES string of the molecule is COCCc1nc(CO[C@H]2CCCN(C(C)=O)C2)no1. The Hall–Kier alpha value is -1.47. The molecule has 2 heterocycles. The number of methoxy groups -OCH3 is 1. The Morgan fingerprint density at radius 3 is 3.15 bits per heavy atom. The number of carbonyl (C=O) groups is 1. The molecule has 1 fully saturated rings. The number of piperidine rings is 1. The molecule has 1 aromatic heterocycles. The Bertz CT molecular complexity index is 435. The Balaban J connectivity index is 1.76. The fourth-order valence-electron chi connectivity index (χ4n) is 2.19. The van der Waals surface area contributed by atoms with E-state index in [-0.39, 0.29) is 12.0 Å². The highest BCUT2D eigenvalue weighted by Crippen LogP contribution is 2.14. The van der Waals surface area contributed by atoms with Gasteiger partial charge in [0.1, 0.15) is 6.61 Å². The predicted molar refractivity (Wildman–Crippen MR) is 69.9 cm³/mol. The van der Waals surface area contributed by atoms with Crippen molar-refractivity contribution in [1.29, 1.82) is 0 Å². The van der Waals surface area contributed by atoms with Crippen molar-refractivity contribution in [3.05, 3.63) is 11.7 Å². The van der Waals surface area contributed by atoms with E-state index in [1.165, 1.54) is 0 Å². The van der Waals surface area contributed by atoms with E-state index in [4.69, 9.17) is 14.0 Å². The summed E-state index contributed by atoms with van der Waals surface area (Å²) in [5.74, 6) is 1.19. The van der Waals surface area contributed by atoms with Crippen LogP contribution in [0.4, 0.5) is 0 Å². The summed E-state index contributed by atoms with van der Waals surface area (Å²) >= 11 is 0. The molecule has 1 aliphatic heterocycles. The zero-order valence-corrected chi connectivity index (χ0v) is 12.0. The van der Waals surface area contributed by atoms with Crippen molar-refractivity contribution in [1.82, 2.24) is 15.0 Å². The highest BCUT2D eigenvalue weighted by Gasteiger charge is 2.22. The Kier molecular flexibility index (Phi) is 5.49. The average Bonchev–Trinajstić information content (AvgIpc) is 2.91. The van der Waals surface area contributed by atoms with Gasteiger partial charge >= 0.3 is 0 Å². The van der Waals surface area contributed by atoms with Gasteiger partial charge in [0.2, 0.25) is 11.8 Å². The minimum Gasteiger partial charge on any atom is -0.384 e. The number of aromatic nitrogens is 2. The van der Waals surface area contributed by atoms with Crippen LogP contribution >= 0.6 is 0 Å². The van der Waals surface area contributed by atoms with Gasteiger partial charge in [-0.2, -0.15) is 4.98 Å². The van der Waals surface area contributed by atoms with Crippen molar-refractivity contribution in [3.8, 4) is 0 Å². The van der Waals surface area contributed by atoms with Crippen molar-refractivity contribution in [3.63, 3.8) is 0 Å². The van der Waals surface area contributed by atoms with E-state index in [1.807, 2.05) is 4.90 Å². The third-order valence-electron chi connectivity index (χ3n) is 3.30. The van der Waals surface area contributed by atoms with Crippen LogP contribution in [0.25, 0.3) is 0 Å². The molecule has 1 aromatic rings. The summed E-state index contributed by atoms with van der Waals surface area (Å²) in [7, 11) is 1.63. The summed E-state index contributed by atoms with van der Waals surface area (Å²) in [6.45, 7) is 3.91. The van der Waals surface area contributed by atoms with Crippen molar-refractivity contribution in [2.45, 2.75) is 38.9 Å². The number of likely N-dealkylation sites (tertiary alicyclic amines) is 1. The highest BCUT2D eigenvalue weighted by molar-refractivity contribution is 5.73. The molecule has 0 radical (unpaired) electrons. The van der Waals surface area contributed by atoms with Gasteiger partial charge in [0.25, 0.3) is 0 Å². The normalized spacial score (nSPS) is 19.3. The fraction of sp³-hybridized carbons (Fsp3) is 0.769. The summed E-state index contributed by atoms with van der Waals surface area (Å²) in [5, 5.41) is 3.86. The lowest BCUT2D eigenvalue weighted by molar-refractivity contribution is -0.133. The van der Waals surface area contributed by atoms with E-state index in [0.717, 1.165) is 19.4 Å². The molecule has 0 saturated carbocycles. The molecule has 0 spiro atoms. The Labute approximate surface area is 118 Å². The van der Waals surface area contributed by atoms with Crippen LogP contribution in [0.3, 0.4) is 0 Å². The summed E-state index contributed by atoms with van der Waals surface area (Å²) < 4.78 is 15.8. The van der Waals surface area contributed by atoms with Crippen molar-refractivity contribution in [2.24, 2.45) is 0 Å². The zero-order valence-electron chi connectivity index (χ0n) is 12.0. The van der Waals surface area contributed by atoms with Crippen LogP contribution < -0.4 is 0 Å². The van der Waals surface area contributed by atoms with Gasteiger partial charge in [0.05, 0.1) is 19.1 Å². The predicted octanol–water partition coefficient (Wildman–Crippen LogP) is 0.786. The van der Waals surface area contributed by atoms with Crippen LogP contribution in [-0.4, -0.2) is 53.9 Å². The van der Waals surface area contributed by atoms with Crippen LogP contribution in [0, 0.1) is 0 Å². The monoisotopic (exact) mass is 283 g/mol. The number of amides is 1. The molecule has 7 heteroatoms. The largest absolute Gasteiger partial charge is 0.384 e. The van der Waals surface area contributed by atoms with E-state index in [2.05, 4.69) is 10.1 Å². The second-order valence-corrected chi connectivity index (χ2v) is 4.89. The van der Waals surface area contributed by atoms with Crippen LogP contribution in [0.5, 0.6) is 0 Å². The molecule has 1 saturated heterocycles. The zero-order chi connectivity index (χ0) is 14.4. The van der Waals surface area contributed by atoms with Crippen molar-refractivity contribution >= 4 is 5.91 Å². The molecule has 1 amide bonds. The van der Waals surface area contributed by atoms with Gasteiger partial charge in [0, 0.05) is 27.1 Å². The molecule has 1 aliphatic rings. The van der Waals surface area contributed by atoms with E-state index in [9.17, 15) is 4.79 Å². The first kappa shape index (κ1) is 14.9. The van der Waals surface area contributed by atoms with Crippen LogP contribution in [0.15, 0.2) is 4.52 Å². The quantitative estimate of drug-likeness (QED) is 0.768. The maximum atomic E-state index is 11.3. The first-order valence-corrected chi connectivity index (χ1v) is 6.86. The van der Waals surface area contributed by atoms with Crippen molar-refractivity contribution < 1.29 is 18.8 Å². The van der Waals surface area contributed by atoms with Gasteiger partial charge in [-0.1, -0.05) is 5.16 Å². The average molecular weight is 283 g/mol. The molecule has 0 bridgehead atoms. The summed E-state index contributed by atoms with van der Waals surface area (Å²) in [4.78, 5) is 17.4. The fourth-order valence-corrected chi connectivity index (χ4v) is 2.19. The standard InChI is InChI=1S/C13H21N3O4/c1-10(17)16-6-3-4-11(8-16)19-9-12-14-13(20-15-12)5-7-18-2/h11H,3-9H2,1-2H3/t11-/m0/s1. The van der Waals surface area contributed by atoms with E-state index in [0.29, 0.717) is 37.9 Å². The maximum Gasteiger partial charge on any atom is 0.229 e. The lowest BCUT2D eigenvalue weighted by Crippen LogP contribution is -2.42. The summed E-state index contributed by atoms with van der Waals surface area (Å²) in [6.07, 6.45) is 2.58. The summed E-state index contributed by atoms with van der Waals surface area (Å²) in [6, 6.07) is 0. The van der Waals surface area contributed by atoms with Crippen LogP contribution in [-0.2, 0) is 27.3 Å². The van der Waals surface area contributed by atoms with Crippen LogP contribution in [0.1, 0.15) is 31.5 Å².